The van der Waals surface area contributed by atoms with Crippen molar-refractivity contribution in [2.24, 2.45) is 5.92 Å². The van der Waals surface area contributed by atoms with Gasteiger partial charge in [0.25, 0.3) is 5.91 Å². The van der Waals surface area contributed by atoms with E-state index < -0.39 is 6.04 Å². The van der Waals surface area contributed by atoms with Gasteiger partial charge in [0.05, 0.1) is 10.6 Å². The van der Waals surface area contributed by atoms with Crippen molar-refractivity contribution < 1.29 is 9.59 Å². The molecule has 1 atom stereocenters. The third kappa shape index (κ3) is 6.58. The van der Waals surface area contributed by atoms with Gasteiger partial charge in [-0.3, -0.25) is 14.5 Å². The van der Waals surface area contributed by atoms with Crippen LogP contribution in [0.4, 0.5) is 5.69 Å². The Balaban J connectivity index is 2.10. The molecule has 0 aliphatic heterocycles. The lowest BCUT2D eigenvalue weighted by molar-refractivity contribution is -0.118. The van der Waals surface area contributed by atoms with Gasteiger partial charge in [0.1, 0.15) is 6.04 Å². The lowest BCUT2D eigenvalue weighted by Crippen LogP contribution is -2.47. The second kappa shape index (κ2) is 11.0. The first-order valence-electron chi connectivity index (χ1n) is 10.0. The van der Waals surface area contributed by atoms with Crippen LogP contribution in [0.1, 0.15) is 43.6 Å². The molecule has 2 aromatic carbocycles. The summed E-state index contributed by atoms with van der Waals surface area (Å²) < 4.78 is 0. The van der Waals surface area contributed by atoms with Crippen LogP contribution in [-0.2, 0) is 11.3 Å². The SMILES string of the molecule is CCN(CC)Cc1cccc(NC(=O)C(NC(=O)c2ccccc2Cl)C(C)C)c1. The zero-order valence-electron chi connectivity index (χ0n) is 17.5. The molecule has 0 saturated heterocycles. The quantitative estimate of drug-likeness (QED) is 0.630. The summed E-state index contributed by atoms with van der Waals surface area (Å²) in [5, 5.41) is 6.11. The third-order valence-electron chi connectivity index (χ3n) is 4.85. The molecule has 0 bridgehead atoms. The van der Waals surface area contributed by atoms with Crippen molar-refractivity contribution in [2.75, 3.05) is 18.4 Å². The molecule has 6 heteroatoms. The molecule has 2 aromatic rings. The molecule has 2 rings (SSSR count). The first-order valence-corrected chi connectivity index (χ1v) is 10.4. The molecule has 156 valence electrons. The summed E-state index contributed by atoms with van der Waals surface area (Å²) >= 11 is 6.11. The van der Waals surface area contributed by atoms with Gasteiger partial charge in [0.15, 0.2) is 0 Å². The molecular weight excluding hydrogens is 386 g/mol. The highest BCUT2D eigenvalue weighted by Crippen LogP contribution is 2.17. The second-order valence-corrected chi connectivity index (χ2v) is 7.73. The van der Waals surface area contributed by atoms with Crippen LogP contribution in [-0.4, -0.2) is 35.8 Å². The number of hydrogen-bond donors (Lipinski definition) is 2. The van der Waals surface area contributed by atoms with Gasteiger partial charge in [-0.05, 0) is 48.8 Å². The molecule has 0 radical (unpaired) electrons. The molecule has 0 heterocycles. The maximum atomic E-state index is 12.9. The Hall–Kier alpha value is -2.37. The van der Waals surface area contributed by atoms with E-state index in [9.17, 15) is 9.59 Å². The van der Waals surface area contributed by atoms with Crippen molar-refractivity contribution in [3.05, 3.63) is 64.7 Å². The fourth-order valence-electron chi connectivity index (χ4n) is 3.07. The molecule has 1 unspecified atom stereocenters. The standard InChI is InChI=1S/C23H30ClN3O2/c1-5-27(6-2)15-17-10-9-11-18(14-17)25-23(29)21(16(3)4)26-22(28)19-12-7-8-13-20(19)24/h7-14,16,21H,5-6,15H2,1-4H3,(H,25,29)(H,26,28). The number of benzene rings is 2. The van der Waals surface area contributed by atoms with Crippen molar-refractivity contribution in [3.63, 3.8) is 0 Å². The minimum atomic E-state index is -0.676. The van der Waals surface area contributed by atoms with Crippen LogP contribution in [0.25, 0.3) is 0 Å². The normalized spacial score (nSPS) is 12.1. The van der Waals surface area contributed by atoms with Crippen molar-refractivity contribution >= 4 is 29.1 Å². The number of carbonyl (C=O) groups is 2. The lowest BCUT2D eigenvalue weighted by Gasteiger charge is -2.22. The molecule has 0 aromatic heterocycles. The zero-order valence-corrected chi connectivity index (χ0v) is 18.3. The van der Waals surface area contributed by atoms with Gasteiger partial charge in [0.2, 0.25) is 5.91 Å². The zero-order chi connectivity index (χ0) is 21.4. The molecule has 5 nitrogen and oxygen atoms in total. The predicted molar refractivity (Wildman–Crippen MR) is 119 cm³/mol. The topological polar surface area (TPSA) is 61.4 Å². The van der Waals surface area contributed by atoms with Gasteiger partial charge in [0, 0.05) is 12.2 Å². The summed E-state index contributed by atoms with van der Waals surface area (Å²) in [5.74, 6) is -0.694. The van der Waals surface area contributed by atoms with Gasteiger partial charge >= 0.3 is 0 Å². The van der Waals surface area contributed by atoms with E-state index in [0.717, 1.165) is 30.9 Å². The summed E-state index contributed by atoms with van der Waals surface area (Å²) in [7, 11) is 0. The molecular formula is C23H30ClN3O2. The summed E-state index contributed by atoms with van der Waals surface area (Å²) in [4.78, 5) is 27.8. The first kappa shape index (κ1) is 22.9. The Bertz CT molecular complexity index is 834. The molecule has 0 spiro atoms. The molecule has 0 aliphatic rings. The van der Waals surface area contributed by atoms with Crippen molar-refractivity contribution in [1.29, 1.82) is 0 Å². The maximum Gasteiger partial charge on any atom is 0.253 e. The van der Waals surface area contributed by atoms with Gasteiger partial charge < -0.3 is 10.6 Å². The summed E-state index contributed by atoms with van der Waals surface area (Å²) in [6.45, 7) is 10.8. The maximum absolute atomic E-state index is 12.9. The van der Waals surface area contributed by atoms with Crippen LogP contribution in [0, 0.1) is 5.92 Å². The number of amides is 2. The van der Waals surface area contributed by atoms with Crippen LogP contribution in [0.2, 0.25) is 5.02 Å². The first-order chi connectivity index (χ1) is 13.8. The monoisotopic (exact) mass is 415 g/mol. The molecule has 0 saturated carbocycles. The van der Waals surface area contributed by atoms with Crippen LogP contribution < -0.4 is 10.6 Å². The van der Waals surface area contributed by atoms with Crippen LogP contribution in [0.15, 0.2) is 48.5 Å². The minimum absolute atomic E-state index is 0.0831. The molecule has 0 fully saturated rings. The summed E-state index contributed by atoms with van der Waals surface area (Å²) in [6.07, 6.45) is 0. The number of hydrogen-bond acceptors (Lipinski definition) is 3. The Morgan fingerprint density at radius 3 is 2.34 bits per heavy atom. The van der Waals surface area contributed by atoms with E-state index in [1.54, 1.807) is 24.3 Å². The Kier molecular flexibility index (Phi) is 8.68. The van der Waals surface area contributed by atoms with Crippen molar-refractivity contribution in [1.82, 2.24) is 10.2 Å². The van der Waals surface area contributed by atoms with E-state index in [-0.39, 0.29) is 17.7 Å². The average molecular weight is 416 g/mol. The van der Waals surface area contributed by atoms with E-state index in [0.29, 0.717) is 10.6 Å². The highest BCUT2D eigenvalue weighted by Gasteiger charge is 2.25. The molecule has 2 N–H and O–H groups in total. The number of anilines is 1. The smallest absolute Gasteiger partial charge is 0.253 e. The second-order valence-electron chi connectivity index (χ2n) is 7.33. The minimum Gasteiger partial charge on any atom is -0.340 e. The van der Waals surface area contributed by atoms with Crippen LogP contribution >= 0.6 is 11.6 Å². The highest BCUT2D eigenvalue weighted by molar-refractivity contribution is 6.33. The highest BCUT2D eigenvalue weighted by atomic mass is 35.5. The van der Waals surface area contributed by atoms with E-state index in [2.05, 4.69) is 29.4 Å². The van der Waals surface area contributed by atoms with Gasteiger partial charge in [-0.2, -0.15) is 0 Å². The predicted octanol–water partition coefficient (Wildman–Crippen LogP) is 4.57. The Morgan fingerprint density at radius 1 is 1.03 bits per heavy atom. The lowest BCUT2D eigenvalue weighted by atomic mass is 10.0. The summed E-state index contributed by atoms with van der Waals surface area (Å²) in [6, 6.07) is 13.9. The van der Waals surface area contributed by atoms with E-state index in [1.165, 1.54) is 0 Å². The number of halogens is 1. The molecule has 29 heavy (non-hydrogen) atoms. The fourth-order valence-corrected chi connectivity index (χ4v) is 3.29. The number of nitrogens with zero attached hydrogens (tertiary/aromatic N) is 1. The van der Waals surface area contributed by atoms with Crippen LogP contribution in [0.5, 0.6) is 0 Å². The van der Waals surface area contributed by atoms with Crippen LogP contribution in [0.3, 0.4) is 0 Å². The number of carbonyl (C=O) groups excluding carboxylic acids is 2. The van der Waals surface area contributed by atoms with Gasteiger partial charge in [-0.25, -0.2) is 0 Å². The fraction of sp³-hybridized carbons (Fsp3) is 0.391. The summed E-state index contributed by atoms with van der Waals surface area (Å²) in [5.41, 5.74) is 2.21. The van der Waals surface area contributed by atoms with Crippen molar-refractivity contribution in [3.8, 4) is 0 Å². The third-order valence-corrected chi connectivity index (χ3v) is 5.18. The van der Waals surface area contributed by atoms with Gasteiger partial charge in [-0.1, -0.05) is 63.6 Å². The van der Waals surface area contributed by atoms with Crippen molar-refractivity contribution in [2.45, 2.75) is 40.3 Å². The van der Waals surface area contributed by atoms with E-state index in [1.807, 2.05) is 38.1 Å². The van der Waals surface area contributed by atoms with E-state index >= 15 is 0 Å². The molecule has 2 amide bonds. The van der Waals surface area contributed by atoms with Gasteiger partial charge in [-0.15, -0.1) is 0 Å². The Labute approximate surface area is 178 Å². The molecule has 0 aliphatic carbocycles. The number of rotatable bonds is 9. The van der Waals surface area contributed by atoms with E-state index in [4.69, 9.17) is 11.6 Å². The largest absolute Gasteiger partial charge is 0.340 e. The number of nitrogens with one attached hydrogen (secondary N) is 2. The average Bonchev–Trinajstić information content (AvgIpc) is 2.70. The Morgan fingerprint density at radius 2 is 1.72 bits per heavy atom.